The Morgan fingerprint density at radius 2 is 1.19 bits per heavy atom. The van der Waals surface area contributed by atoms with Gasteiger partial charge < -0.3 is 4.57 Å². The molecule has 0 aliphatic heterocycles. The lowest BCUT2D eigenvalue weighted by molar-refractivity contribution is -0.671. The van der Waals surface area contributed by atoms with Crippen LogP contribution in [-0.4, -0.2) is 9.13 Å². The van der Waals surface area contributed by atoms with E-state index in [1.54, 1.807) is 0 Å². The number of nitrogens with zero attached hydrogens (tertiary/aromatic N) is 3. The molecule has 0 amide bonds. The molecule has 0 N–H and O–H groups in total. The first-order valence-electron chi connectivity index (χ1n) is 8.46. The molecule has 0 saturated heterocycles. The lowest BCUT2D eigenvalue weighted by atomic mass is 10.1. The summed E-state index contributed by atoms with van der Waals surface area (Å²) >= 11 is 0. The topological polar surface area (TPSA) is 13.7 Å². The van der Waals surface area contributed by atoms with E-state index in [1.165, 1.54) is 57.9 Å². The second-order valence-corrected chi connectivity index (χ2v) is 6.07. The predicted molar refractivity (Wildman–Crippen MR) is 87.0 cm³/mol. The minimum absolute atomic E-state index is 1.16. The van der Waals surface area contributed by atoms with Crippen molar-refractivity contribution in [3.05, 3.63) is 43.2 Å². The molecule has 0 atom stereocenters. The molecule has 2 heterocycles. The van der Waals surface area contributed by atoms with Crippen molar-refractivity contribution in [3.8, 4) is 0 Å². The molecule has 0 aromatic carbocycles. The van der Waals surface area contributed by atoms with Gasteiger partial charge in [-0.15, -0.1) is 0 Å². The van der Waals surface area contributed by atoms with E-state index in [-0.39, 0.29) is 0 Å². The maximum absolute atomic E-state index is 2.28. The lowest BCUT2D eigenvalue weighted by Gasteiger charge is -2.03. The van der Waals surface area contributed by atoms with Gasteiger partial charge in [0.25, 0.3) is 0 Å². The highest BCUT2D eigenvalue weighted by molar-refractivity contribution is 4.89. The van der Waals surface area contributed by atoms with Gasteiger partial charge in [0.05, 0.1) is 13.6 Å². The summed E-state index contributed by atoms with van der Waals surface area (Å²) in [6, 6.07) is 4.21. The van der Waals surface area contributed by atoms with E-state index in [9.17, 15) is 0 Å². The van der Waals surface area contributed by atoms with Crippen molar-refractivity contribution < 1.29 is 4.57 Å². The van der Waals surface area contributed by atoms with E-state index in [1.807, 2.05) is 0 Å². The minimum Gasteiger partial charge on any atom is -0.354 e. The largest absolute Gasteiger partial charge is 0.354 e. The first-order valence-corrected chi connectivity index (χ1v) is 8.46. The van der Waals surface area contributed by atoms with Crippen LogP contribution in [0.25, 0.3) is 0 Å². The third-order valence-corrected chi connectivity index (χ3v) is 4.07. The second-order valence-electron chi connectivity index (χ2n) is 6.07. The highest BCUT2D eigenvalue weighted by Gasteiger charge is 1.99. The van der Waals surface area contributed by atoms with E-state index < -0.39 is 0 Å². The zero-order chi connectivity index (χ0) is 14.8. The van der Waals surface area contributed by atoms with E-state index in [2.05, 4.69) is 64.0 Å². The highest BCUT2D eigenvalue weighted by Crippen LogP contribution is 2.10. The van der Waals surface area contributed by atoms with Crippen molar-refractivity contribution >= 4 is 0 Å². The van der Waals surface area contributed by atoms with Crippen molar-refractivity contribution in [1.82, 2.24) is 9.13 Å². The molecule has 0 saturated carbocycles. The van der Waals surface area contributed by atoms with Crippen LogP contribution in [0.2, 0.25) is 0 Å². The molecule has 0 spiro atoms. The fourth-order valence-corrected chi connectivity index (χ4v) is 2.80. The molecule has 0 bridgehead atoms. The summed E-state index contributed by atoms with van der Waals surface area (Å²) in [5.41, 5.74) is 0. The Morgan fingerprint density at radius 3 is 1.71 bits per heavy atom. The molecule has 0 radical (unpaired) electrons. The van der Waals surface area contributed by atoms with Gasteiger partial charge in [-0.25, -0.2) is 9.13 Å². The van der Waals surface area contributed by atoms with Crippen LogP contribution in [0.5, 0.6) is 0 Å². The molecule has 0 fully saturated rings. The number of aromatic nitrogens is 3. The van der Waals surface area contributed by atoms with Gasteiger partial charge in [-0.3, -0.25) is 0 Å². The van der Waals surface area contributed by atoms with Crippen molar-refractivity contribution in [3.63, 3.8) is 0 Å². The summed E-state index contributed by atoms with van der Waals surface area (Å²) in [6.45, 7) is 2.35. The van der Waals surface area contributed by atoms with Crippen LogP contribution in [0, 0.1) is 0 Å². The van der Waals surface area contributed by atoms with E-state index in [0.717, 1.165) is 6.54 Å². The Labute approximate surface area is 129 Å². The maximum Gasteiger partial charge on any atom is 0.243 e. The van der Waals surface area contributed by atoms with Gasteiger partial charge in [-0.1, -0.05) is 32.1 Å². The van der Waals surface area contributed by atoms with Crippen LogP contribution >= 0.6 is 0 Å². The number of unbranched alkanes of at least 4 members (excludes halogenated alkanes) is 7. The quantitative estimate of drug-likeness (QED) is 0.439. The predicted octanol–water partition coefficient (Wildman–Crippen LogP) is 3.94. The van der Waals surface area contributed by atoms with Crippen LogP contribution in [0.1, 0.15) is 51.4 Å². The van der Waals surface area contributed by atoms with Crippen molar-refractivity contribution in [2.24, 2.45) is 7.05 Å². The molecule has 3 heteroatoms. The Hall–Kier alpha value is -1.51. The average molecular weight is 288 g/mol. The van der Waals surface area contributed by atoms with Gasteiger partial charge in [-0.05, 0) is 31.4 Å². The third kappa shape index (κ3) is 6.65. The van der Waals surface area contributed by atoms with Gasteiger partial charge in [0.2, 0.25) is 6.33 Å². The van der Waals surface area contributed by atoms with Crippen LogP contribution < -0.4 is 4.57 Å². The standard InChI is InChI=1S/C18H30N3/c1-19-16-17-21(18-19)15-9-7-5-3-2-4-6-8-12-20-13-10-11-14-20/h10-11,13-14,16-18H,2-9,12,15H2,1H3/q+1. The average Bonchev–Trinajstić information content (AvgIpc) is 3.12. The fraction of sp³-hybridized carbons (Fsp3) is 0.611. The Bertz CT molecular complexity index is 470. The lowest BCUT2D eigenvalue weighted by Crippen LogP contribution is -2.23. The zero-order valence-electron chi connectivity index (χ0n) is 13.5. The maximum atomic E-state index is 2.28. The summed E-state index contributed by atoms with van der Waals surface area (Å²) in [7, 11) is 2.08. The van der Waals surface area contributed by atoms with Gasteiger partial charge in [0, 0.05) is 18.9 Å². The Kier molecular flexibility index (Phi) is 7.13. The molecule has 2 aromatic rings. The second kappa shape index (κ2) is 9.43. The van der Waals surface area contributed by atoms with Gasteiger partial charge in [0.15, 0.2) is 0 Å². The van der Waals surface area contributed by atoms with Gasteiger partial charge >= 0.3 is 0 Å². The van der Waals surface area contributed by atoms with Crippen molar-refractivity contribution in [2.45, 2.75) is 64.5 Å². The summed E-state index contributed by atoms with van der Waals surface area (Å²) in [5, 5.41) is 0. The molecule has 0 aliphatic rings. The van der Waals surface area contributed by atoms with E-state index in [0.29, 0.717) is 0 Å². The summed E-state index contributed by atoms with van der Waals surface area (Å²) in [4.78, 5) is 0. The Morgan fingerprint density at radius 1 is 0.667 bits per heavy atom. The van der Waals surface area contributed by atoms with Crippen molar-refractivity contribution in [1.29, 1.82) is 0 Å². The first-order chi connectivity index (χ1) is 10.3. The molecule has 0 unspecified atom stereocenters. The summed E-state index contributed by atoms with van der Waals surface area (Å²) < 4.78 is 6.66. The van der Waals surface area contributed by atoms with Gasteiger partial charge in [-0.2, -0.15) is 0 Å². The van der Waals surface area contributed by atoms with Crippen LogP contribution in [-0.2, 0) is 20.1 Å². The van der Waals surface area contributed by atoms with Crippen LogP contribution in [0.4, 0.5) is 0 Å². The monoisotopic (exact) mass is 288 g/mol. The van der Waals surface area contributed by atoms with Crippen LogP contribution in [0.3, 0.4) is 0 Å². The van der Waals surface area contributed by atoms with Crippen molar-refractivity contribution in [2.75, 3.05) is 0 Å². The molecule has 0 aliphatic carbocycles. The fourth-order valence-electron chi connectivity index (χ4n) is 2.80. The number of aryl methyl sites for hydroxylation is 3. The Balaban J connectivity index is 1.35. The molecular formula is C18H30N3+. The molecule has 2 rings (SSSR count). The number of hydrogen-bond donors (Lipinski definition) is 0. The molecular weight excluding hydrogens is 258 g/mol. The summed E-state index contributed by atoms with van der Waals surface area (Å²) in [5.74, 6) is 0. The first kappa shape index (κ1) is 15.9. The smallest absolute Gasteiger partial charge is 0.243 e. The highest BCUT2D eigenvalue weighted by atomic mass is 15.1. The van der Waals surface area contributed by atoms with Gasteiger partial charge in [0.1, 0.15) is 12.4 Å². The normalized spacial score (nSPS) is 11.1. The SMILES string of the molecule is C[n+]1ccn(CCCCCCCCCCn2cccc2)c1. The number of rotatable bonds is 11. The number of hydrogen-bond acceptors (Lipinski definition) is 0. The minimum atomic E-state index is 1.16. The third-order valence-electron chi connectivity index (χ3n) is 4.07. The van der Waals surface area contributed by atoms with E-state index >= 15 is 0 Å². The van der Waals surface area contributed by atoms with E-state index in [4.69, 9.17) is 0 Å². The molecule has 2 aromatic heterocycles. The molecule has 21 heavy (non-hydrogen) atoms. The van der Waals surface area contributed by atoms with Crippen LogP contribution in [0.15, 0.2) is 43.2 Å². The zero-order valence-corrected chi connectivity index (χ0v) is 13.5. The number of imidazole rings is 1. The molecule has 116 valence electrons. The summed E-state index contributed by atoms with van der Waals surface area (Å²) in [6.07, 6.45) is 21.7. The molecule has 3 nitrogen and oxygen atoms in total.